The number of nitrogens with zero attached hydrogens (tertiary/aromatic N) is 6. The van der Waals surface area contributed by atoms with E-state index in [4.69, 9.17) is 9.97 Å². The number of aromatic nitrogens is 3. The summed E-state index contributed by atoms with van der Waals surface area (Å²) in [5.74, 6) is 2.84. The van der Waals surface area contributed by atoms with Gasteiger partial charge in [0.1, 0.15) is 11.6 Å². The van der Waals surface area contributed by atoms with Crippen molar-refractivity contribution in [3.63, 3.8) is 0 Å². The van der Waals surface area contributed by atoms with Gasteiger partial charge in [-0.05, 0) is 26.0 Å². The van der Waals surface area contributed by atoms with E-state index in [2.05, 4.69) is 69.9 Å². The lowest BCUT2D eigenvalue weighted by atomic mass is 10.1. The largest absolute Gasteiger partial charge is 0.357 e. The first kappa shape index (κ1) is 19.2. The molecule has 3 heterocycles. The summed E-state index contributed by atoms with van der Waals surface area (Å²) in [5, 5.41) is 0. The Bertz CT molecular complexity index is 903. The third-order valence-electron chi connectivity index (χ3n) is 5.39. The molecule has 0 spiro atoms. The van der Waals surface area contributed by atoms with Crippen LogP contribution in [0.25, 0.3) is 11.3 Å². The van der Waals surface area contributed by atoms with Crippen LogP contribution in [0.3, 0.4) is 0 Å². The molecule has 2 aromatic heterocycles. The van der Waals surface area contributed by atoms with E-state index in [-0.39, 0.29) is 0 Å². The Morgan fingerprint density at radius 3 is 2.17 bits per heavy atom. The number of piperazine rings is 1. The molecule has 1 aliphatic heterocycles. The molecule has 3 aromatic rings. The maximum Gasteiger partial charge on any atom is 0.228 e. The average Bonchev–Trinajstić information content (AvgIpc) is 2.81. The SMILES string of the molecule is CCN(CC)c1cc(-c2ccccc2)nc(N2CCN(c3ccccn3)CC2)n1. The predicted molar refractivity (Wildman–Crippen MR) is 120 cm³/mol. The number of rotatable bonds is 6. The normalized spacial score (nSPS) is 14.1. The fourth-order valence-corrected chi connectivity index (χ4v) is 3.71. The van der Waals surface area contributed by atoms with E-state index in [0.29, 0.717) is 0 Å². The summed E-state index contributed by atoms with van der Waals surface area (Å²) in [7, 11) is 0. The molecule has 1 fully saturated rings. The zero-order valence-electron chi connectivity index (χ0n) is 17.2. The lowest BCUT2D eigenvalue weighted by Crippen LogP contribution is -2.47. The van der Waals surface area contributed by atoms with Crippen molar-refractivity contribution in [1.29, 1.82) is 0 Å². The third-order valence-corrected chi connectivity index (χ3v) is 5.39. The highest BCUT2D eigenvalue weighted by Crippen LogP contribution is 2.26. The van der Waals surface area contributed by atoms with Gasteiger partial charge in [-0.1, -0.05) is 36.4 Å². The Hall–Kier alpha value is -3.15. The summed E-state index contributed by atoms with van der Waals surface area (Å²) in [5.41, 5.74) is 2.10. The van der Waals surface area contributed by atoms with E-state index in [9.17, 15) is 0 Å². The van der Waals surface area contributed by atoms with Crippen LogP contribution in [0.4, 0.5) is 17.6 Å². The van der Waals surface area contributed by atoms with E-state index in [1.807, 2.05) is 24.4 Å². The lowest BCUT2D eigenvalue weighted by Gasteiger charge is -2.36. The molecule has 6 heteroatoms. The molecular weight excluding hydrogens is 360 g/mol. The zero-order chi connectivity index (χ0) is 20.1. The van der Waals surface area contributed by atoms with Gasteiger partial charge in [0.15, 0.2) is 0 Å². The van der Waals surface area contributed by atoms with Crippen LogP contribution in [0, 0.1) is 0 Å². The molecule has 29 heavy (non-hydrogen) atoms. The molecule has 150 valence electrons. The summed E-state index contributed by atoms with van der Waals surface area (Å²) in [6.07, 6.45) is 1.85. The maximum absolute atomic E-state index is 4.93. The molecule has 1 aliphatic rings. The van der Waals surface area contributed by atoms with Gasteiger partial charge in [-0.3, -0.25) is 0 Å². The number of hydrogen-bond donors (Lipinski definition) is 0. The third kappa shape index (κ3) is 4.31. The minimum absolute atomic E-state index is 0.814. The molecule has 0 N–H and O–H groups in total. The summed E-state index contributed by atoms with van der Waals surface area (Å²) in [4.78, 5) is 21.2. The second-order valence-electron chi connectivity index (χ2n) is 7.11. The van der Waals surface area contributed by atoms with Crippen molar-refractivity contribution in [3.8, 4) is 11.3 Å². The second kappa shape index (κ2) is 8.90. The van der Waals surface area contributed by atoms with Gasteiger partial charge in [-0.15, -0.1) is 0 Å². The molecule has 0 aliphatic carbocycles. The van der Waals surface area contributed by atoms with Crippen LogP contribution in [-0.2, 0) is 0 Å². The second-order valence-corrected chi connectivity index (χ2v) is 7.11. The van der Waals surface area contributed by atoms with Crippen molar-refractivity contribution in [2.24, 2.45) is 0 Å². The van der Waals surface area contributed by atoms with Crippen molar-refractivity contribution >= 4 is 17.6 Å². The molecule has 0 unspecified atom stereocenters. The number of pyridine rings is 1. The van der Waals surface area contributed by atoms with Crippen molar-refractivity contribution in [2.75, 3.05) is 54.0 Å². The molecule has 6 nitrogen and oxygen atoms in total. The lowest BCUT2D eigenvalue weighted by molar-refractivity contribution is 0.634. The molecule has 1 aromatic carbocycles. The molecule has 0 amide bonds. The van der Waals surface area contributed by atoms with Gasteiger partial charge in [0.25, 0.3) is 0 Å². The summed E-state index contributed by atoms with van der Waals surface area (Å²) < 4.78 is 0. The van der Waals surface area contributed by atoms with Crippen molar-refractivity contribution in [3.05, 3.63) is 60.8 Å². The Balaban J connectivity index is 1.60. The zero-order valence-corrected chi connectivity index (χ0v) is 17.2. The van der Waals surface area contributed by atoms with Crippen molar-refractivity contribution < 1.29 is 0 Å². The molecule has 0 radical (unpaired) electrons. The predicted octanol–water partition coefficient (Wildman–Crippen LogP) is 3.71. The van der Waals surface area contributed by atoms with E-state index in [1.165, 1.54) is 0 Å². The Morgan fingerprint density at radius 2 is 1.52 bits per heavy atom. The van der Waals surface area contributed by atoms with Gasteiger partial charge in [-0.25, -0.2) is 9.97 Å². The molecule has 1 saturated heterocycles. The monoisotopic (exact) mass is 388 g/mol. The van der Waals surface area contributed by atoms with Crippen molar-refractivity contribution in [2.45, 2.75) is 13.8 Å². The first-order valence-electron chi connectivity index (χ1n) is 10.4. The van der Waals surface area contributed by atoms with E-state index >= 15 is 0 Å². The molecular formula is C23H28N6. The van der Waals surface area contributed by atoms with Crippen LogP contribution in [0.1, 0.15) is 13.8 Å². The Labute approximate surface area is 172 Å². The summed E-state index contributed by atoms with van der Waals surface area (Å²) in [6.45, 7) is 9.77. The number of hydrogen-bond acceptors (Lipinski definition) is 6. The molecule has 0 atom stereocenters. The van der Waals surface area contributed by atoms with E-state index in [0.717, 1.165) is 68.1 Å². The van der Waals surface area contributed by atoms with Gasteiger partial charge in [0.05, 0.1) is 5.69 Å². The van der Waals surface area contributed by atoms with Gasteiger partial charge in [0, 0.05) is 57.1 Å². The minimum Gasteiger partial charge on any atom is -0.357 e. The van der Waals surface area contributed by atoms with Gasteiger partial charge in [0.2, 0.25) is 5.95 Å². The van der Waals surface area contributed by atoms with Gasteiger partial charge >= 0.3 is 0 Å². The molecule has 0 saturated carbocycles. The standard InChI is InChI=1S/C23H28N6/c1-3-27(4-2)22-18-20(19-10-6-5-7-11-19)25-23(26-22)29-16-14-28(15-17-29)21-12-8-9-13-24-21/h5-13,18H,3-4,14-17H2,1-2H3. The van der Waals surface area contributed by atoms with Crippen LogP contribution in [0.5, 0.6) is 0 Å². The summed E-state index contributed by atoms with van der Waals surface area (Å²) >= 11 is 0. The fraction of sp³-hybridized carbons (Fsp3) is 0.348. The van der Waals surface area contributed by atoms with E-state index < -0.39 is 0 Å². The fourth-order valence-electron chi connectivity index (χ4n) is 3.71. The number of benzene rings is 1. The Morgan fingerprint density at radius 1 is 0.828 bits per heavy atom. The van der Waals surface area contributed by atoms with Gasteiger partial charge < -0.3 is 14.7 Å². The van der Waals surface area contributed by atoms with Gasteiger partial charge in [-0.2, -0.15) is 4.98 Å². The molecule has 4 rings (SSSR count). The minimum atomic E-state index is 0.814. The highest BCUT2D eigenvalue weighted by molar-refractivity contribution is 5.65. The summed E-state index contributed by atoms with van der Waals surface area (Å²) in [6, 6.07) is 18.5. The van der Waals surface area contributed by atoms with Crippen LogP contribution in [-0.4, -0.2) is 54.2 Å². The first-order chi connectivity index (χ1) is 14.3. The van der Waals surface area contributed by atoms with Crippen LogP contribution in [0.2, 0.25) is 0 Å². The van der Waals surface area contributed by atoms with Crippen LogP contribution in [0.15, 0.2) is 60.8 Å². The highest BCUT2D eigenvalue weighted by atomic mass is 15.3. The number of anilines is 3. The van der Waals surface area contributed by atoms with E-state index in [1.54, 1.807) is 0 Å². The smallest absolute Gasteiger partial charge is 0.228 e. The molecule has 0 bridgehead atoms. The first-order valence-corrected chi connectivity index (χ1v) is 10.4. The average molecular weight is 389 g/mol. The Kier molecular flexibility index (Phi) is 5.89. The highest BCUT2D eigenvalue weighted by Gasteiger charge is 2.21. The quantitative estimate of drug-likeness (QED) is 0.642. The van der Waals surface area contributed by atoms with Crippen LogP contribution >= 0.6 is 0 Å². The maximum atomic E-state index is 4.93. The van der Waals surface area contributed by atoms with Crippen LogP contribution < -0.4 is 14.7 Å². The van der Waals surface area contributed by atoms with Crippen molar-refractivity contribution in [1.82, 2.24) is 15.0 Å². The topological polar surface area (TPSA) is 48.4 Å².